The molecule has 0 aromatic heterocycles. The zero-order valence-electron chi connectivity index (χ0n) is 18.7. The third kappa shape index (κ3) is 4.75. The number of hydrogen-bond donors (Lipinski definition) is 0. The Kier molecular flexibility index (Phi) is 6.19. The zero-order chi connectivity index (χ0) is 23.5. The Hall–Kier alpha value is -3.83. The molecule has 0 aliphatic carbocycles. The summed E-state index contributed by atoms with van der Waals surface area (Å²) in [4.78, 5) is 27.5. The maximum absolute atomic E-state index is 13.1. The van der Waals surface area contributed by atoms with E-state index < -0.39 is 0 Å². The van der Waals surface area contributed by atoms with E-state index in [0.717, 1.165) is 39.2 Å². The number of fused-ring (bicyclic) bond motifs is 1. The molecule has 0 saturated carbocycles. The quantitative estimate of drug-likeness (QED) is 0.289. The van der Waals surface area contributed by atoms with Crippen LogP contribution in [0.2, 0.25) is 0 Å². The number of amides is 2. The molecule has 34 heavy (non-hydrogen) atoms. The lowest BCUT2D eigenvalue weighted by atomic mass is 10.1. The van der Waals surface area contributed by atoms with Gasteiger partial charge in [-0.25, -0.2) is 0 Å². The standard InChI is InChI=1S/C29H23NO3S/c1-20-7-6-8-22(15-20)19-33-26-12-5-4-11-25(26)17-27-28(31)30(29(32)34-27)18-21-13-14-23-9-2-3-10-24(23)16-21/h2-17H,18-19H2,1H3/b27-17-. The van der Waals surface area contributed by atoms with Crippen LogP contribution in [0.1, 0.15) is 22.3 Å². The molecular weight excluding hydrogens is 442 g/mol. The number of para-hydroxylation sites is 1. The molecule has 1 saturated heterocycles. The Balaban J connectivity index is 1.34. The number of ether oxygens (including phenoxy) is 1. The van der Waals surface area contributed by atoms with Gasteiger partial charge in [-0.05, 0) is 58.8 Å². The van der Waals surface area contributed by atoms with Crippen LogP contribution in [0.5, 0.6) is 5.75 Å². The first-order chi connectivity index (χ1) is 16.6. The average molecular weight is 466 g/mol. The molecule has 1 aliphatic heterocycles. The highest BCUT2D eigenvalue weighted by atomic mass is 32.2. The summed E-state index contributed by atoms with van der Waals surface area (Å²) in [6.07, 6.45) is 1.75. The van der Waals surface area contributed by atoms with Gasteiger partial charge < -0.3 is 4.74 Å². The highest BCUT2D eigenvalue weighted by molar-refractivity contribution is 8.18. The molecule has 4 aromatic carbocycles. The Labute approximate surface area is 202 Å². The van der Waals surface area contributed by atoms with Gasteiger partial charge in [-0.3, -0.25) is 14.5 Å². The van der Waals surface area contributed by atoms with Crippen molar-refractivity contribution < 1.29 is 14.3 Å². The van der Waals surface area contributed by atoms with E-state index in [0.29, 0.717) is 17.3 Å². The number of imide groups is 1. The number of carbonyl (C=O) groups is 2. The maximum Gasteiger partial charge on any atom is 0.293 e. The molecule has 4 nitrogen and oxygen atoms in total. The Morgan fingerprint density at radius 1 is 0.824 bits per heavy atom. The number of nitrogens with zero attached hydrogens (tertiary/aromatic N) is 1. The van der Waals surface area contributed by atoms with Crippen molar-refractivity contribution in [2.24, 2.45) is 0 Å². The molecule has 0 atom stereocenters. The summed E-state index contributed by atoms with van der Waals surface area (Å²) in [6.45, 7) is 2.72. The number of benzene rings is 4. The van der Waals surface area contributed by atoms with Crippen LogP contribution in [-0.4, -0.2) is 16.0 Å². The summed E-state index contributed by atoms with van der Waals surface area (Å²) in [7, 11) is 0. The summed E-state index contributed by atoms with van der Waals surface area (Å²) in [5.74, 6) is 0.391. The molecule has 168 valence electrons. The van der Waals surface area contributed by atoms with Crippen LogP contribution in [0.25, 0.3) is 16.8 Å². The Bertz CT molecular complexity index is 1430. The van der Waals surface area contributed by atoms with Crippen LogP contribution in [-0.2, 0) is 17.9 Å². The first kappa shape index (κ1) is 22.0. The Morgan fingerprint density at radius 3 is 2.47 bits per heavy atom. The van der Waals surface area contributed by atoms with E-state index in [1.807, 2.05) is 91.9 Å². The van der Waals surface area contributed by atoms with Gasteiger partial charge in [0.1, 0.15) is 12.4 Å². The van der Waals surface area contributed by atoms with Crippen LogP contribution in [0.4, 0.5) is 4.79 Å². The molecule has 0 radical (unpaired) electrons. The van der Waals surface area contributed by atoms with Gasteiger partial charge in [0, 0.05) is 5.56 Å². The lowest BCUT2D eigenvalue weighted by Crippen LogP contribution is -2.27. The molecule has 5 heteroatoms. The predicted octanol–water partition coefficient (Wildman–Crippen LogP) is 6.96. The number of carbonyl (C=O) groups excluding carboxylic acids is 2. The minimum absolute atomic E-state index is 0.248. The highest BCUT2D eigenvalue weighted by Gasteiger charge is 2.35. The summed E-state index contributed by atoms with van der Waals surface area (Å²) < 4.78 is 6.05. The van der Waals surface area contributed by atoms with Gasteiger partial charge in [0.2, 0.25) is 0 Å². The normalized spacial score (nSPS) is 14.9. The zero-order valence-corrected chi connectivity index (χ0v) is 19.5. The molecule has 0 N–H and O–H groups in total. The van der Waals surface area contributed by atoms with E-state index in [4.69, 9.17) is 4.74 Å². The number of aryl methyl sites for hydroxylation is 1. The molecule has 0 unspecified atom stereocenters. The minimum Gasteiger partial charge on any atom is -0.488 e. The summed E-state index contributed by atoms with van der Waals surface area (Å²) >= 11 is 0.968. The van der Waals surface area contributed by atoms with E-state index in [2.05, 4.69) is 6.07 Å². The second-order valence-electron chi connectivity index (χ2n) is 8.26. The van der Waals surface area contributed by atoms with Gasteiger partial charge in [0.05, 0.1) is 11.4 Å². The SMILES string of the molecule is Cc1cccc(COc2ccccc2/C=C2\SC(=O)N(Cc3ccc4ccccc4c3)C2=O)c1. The third-order valence-electron chi connectivity index (χ3n) is 5.71. The lowest BCUT2D eigenvalue weighted by molar-refractivity contribution is -0.123. The largest absolute Gasteiger partial charge is 0.488 e. The van der Waals surface area contributed by atoms with Crippen LogP contribution in [0.3, 0.4) is 0 Å². The average Bonchev–Trinajstić information content (AvgIpc) is 3.11. The van der Waals surface area contributed by atoms with Crippen molar-refractivity contribution in [2.75, 3.05) is 0 Å². The first-order valence-electron chi connectivity index (χ1n) is 11.1. The van der Waals surface area contributed by atoms with Gasteiger partial charge >= 0.3 is 0 Å². The topological polar surface area (TPSA) is 46.6 Å². The summed E-state index contributed by atoms with van der Waals surface area (Å²) in [6, 6.07) is 29.8. The summed E-state index contributed by atoms with van der Waals surface area (Å²) in [5, 5.41) is 1.95. The van der Waals surface area contributed by atoms with Crippen molar-refractivity contribution in [3.63, 3.8) is 0 Å². The van der Waals surface area contributed by atoms with Gasteiger partial charge in [0.15, 0.2) is 0 Å². The number of thioether (sulfide) groups is 1. The van der Waals surface area contributed by atoms with Crippen molar-refractivity contribution >= 4 is 39.8 Å². The fourth-order valence-corrected chi connectivity index (χ4v) is 4.82. The minimum atomic E-state index is -0.281. The molecule has 1 heterocycles. The van der Waals surface area contributed by atoms with E-state index >= 15 is 0 Å². The molecule has 1 fully saturated rings. The van der Waals surface area contributed by atoms with E-state index in [1.165, 1.54) is 10.5 Å². The fraction of sp³-hybridized carbons (Fsp3) is 0.103. The molecule has 5 rings (SSSR count). The smallest absolute Gasteiger partial charge is 0.293 e. The lowest BCUT2D eigenvalue weighted by Gasteiger charge is -2.13. The third-order valence-corrected chi connectivity index (χ3v) is 6.62. The van der Waals surface area contributed by atoms with Crippen molar-refractivity contribution in [1.82, 2.24) is 4.90 Å². The first-order valence-corrected chi connectivity index (χ1v) is 11.9. The van der Waals surface area contributed by atoms with Gasteiger partial charge in [-0.15, -0.1) is 0 Å². The van der Waals surface area contributed by atoms with Gasteiger partial charge in [-0.2, -0.15) is 0 Å². The van der Waals surface area contributed by atoms with Crippen LogP contribution in [0, 0.1) is 6.92 Å². The van der Waals surface area contributed by atoms with Crippen molar-refractivity contribution in [3.8, 4) is 5.75 Å². The van der Waals surface area contributed by atoms with E-state index in [1.54, 1.807) is 6.08 Å². The molecule has 2 amide bonds. The number of hydrogen-bond acceptors (Lipinski definition) is 4. The number of rotatable bonds is 6. The molecule has 0 spiro atoms. The maximum atomic E-state index is 13.1. The predicted molar refractivity (Wildman–Crippen MR) is 137 cm³/mol. The second kappa shape index (κ2) is 9.57. The van der Waals surface area contributed by atoms with E-state index in [-0.39, 0.29) is 17.7 Å². The summed E-state index contributed by atoms with van der Waals surface area (Å²) in [5.41, 5.74) is 3.94. The molecule has 0 bridgehead atoms. The second-order valence-corrected chi connectivity index (χ2v) is 9.26. The molecule has 4 aromatic rings. The van der Waals surface area contributed by atoms with Gasteiger partial charge in [0.25, 0.3) is 11.1 Å². The Morgan fingerprint density at radius 2 is 1.62 bits per heavy atom. The monoisotopic (exact) mass is 465 g/mol. The van der Waals surface area contributed by atoms with Crippen molar-refractivity contribution in [2.45, 2.75) is 20.1 Å². The van der Waals surface area contributed by atoms with Crippen molar-refractivity contribution in [3.05, 3.63) is 118 Å². The van der Waals surface area contributed by atoms with Crippen LogP contribution < -0.4 is 4.74 Å². The van der Waals surface area contributed by atoms with Gasteiger partial charge in [-0.1, -0.05) is 84.4 Å². The highest BCUT2D eigenvalue weighted by Crippen LogP contribution is 2.35. The van der Waals surface area contributed by atoms with Crippen LogP contribution in [0.15, 0.2) is 95.9 Å². The molecule has 1 aliphatic rings. The van der Waals surface area contributed by atoms with E-state index in [9.17, 15) is 9.59 Å². The van der Waals surface area contributed by atoms with Crippen molar-refractivity contribution in [1.29, 1.82) is 0 Å². The van der Waals surface area contributed by atoms with Crippen LogP contribution >= 0.6 is 11.8 Å². The molecular formula is C29H23NO3S. The fourth-order valence-electron chi connectivity index (χ4n) is 3.99.